The number of rotatable bonds is 12. The maximum absolute atomic E-state index is 3.74. The molecule has 2 aliphatic rings. The third-order valence-corrected chi connectivity index (χ3v) is 18.9. The maximum Gasteiger partial charge on any atom is 0.0714 e. The zero-order valence-electron chi connectivity index (χ0n) is 48.9. The highest BCUT2D eigenvalue weighted by Gasteiger charge is 2.48. The van der Waals surface area contributed by atoms with Crippen molar-refractivity contribution in [1.82, 2.24) is 4.98 Å². The van der Waals surface area contributed by atoms with Crippen molar-refractivity contribution < 1.29 is 0 Å². The van der Waals surface area contributed by atoms with Gasteiger partial charge in [-0.1, -0.05) is 255 Å². The zero-order valence-corrected chi connectivity index (χ0v) is 48.9. The predicted octanol–water partition coefficient (Wildman–Crippen LogP) is 22.3. The van der Waals surface area contributed by atoms with Crippen LogP contribution in [0.2, 0.25) is 0 Å². The molecule has 17 rings (SSSR count). The minimum Gasteiger partial charge on any atom is -0.355 e. The predicted molar refractivity (Wildman–Crippen MR) is 371 cm³/mol. The summed E-state index contributed by atoms with van der Waals surface area (Å²) in [6.07, 6.45) is 0. The summed E-state index contributed by atoms with van der Waals surface area (Å²) in [6.45, 7) is 0. The largest absolute Gasteiger partial charge is 0.355 e. The van der Waals surface area contributed by atoms with Crippen LogP contribution in [0.3, 0.4) is 0 Å². The van der Waals surface area contributed by atoms with Gasteiger partial charge in [-0.05, 0) is 186 Å². The van der Waals surface area contributed by atoms with Crippen molar-refractivity contribution in [2.24, 2.45) is 0 Å². The van der Waals surface area contributed by atoms with Gasteiger partial charge >= 0.3 is 0 Å². The van der Waals surface area contributed by atoms with Crippen LogP contribution in [0.25, 0.3) is 66.3 Å². The van der Waals surface area contributed by atoms with E-state index in [1.807, 2.05) is 0 Å². The van der Waals surface area contributed by atoms with Gasteiger partial charge in [0.1, 0.15) is 0 Å². The van der Waals surface area contributed by atoms with Crippen molar-refractivity contribution in [1.29, 1.82) is 0 Å². The Labute approximate surface area is 519 Å². The molecular formula is C86H59N3. The molecule has 2 aliphatic carbocycles. The van der Waals surface area contributed by atoms with Gasteiger partial charge in [-0.3, -0.25) is 0 Å². The molecule has 1 aromatic heterocycles. The van der Waals surface area contributed by atoms with Gasteiger partial charge in [-0.15, -0.1) is 0 Å². The van der Waals surface area contributed by atoms with Crippen LogP contribution < -0.4 is 9.80 Å². The standard InChI is InChI=1S/C86H59N3/c1-7-23-63(24-8-1)85(64-25-9-2-10-26-64)79-37-21-19-35-73(79)75-51-49-71(57-81(75)85)88(67-31-15-5-16-32-67)69-45-39-59(40-46-69)61-43-53-83-77(55-61)78-56-62(44-54-84(78)87-83)60-41-47-70(48-42-60)89(68-33-17-6-18-34-68)72-50-52-76-74-36-20-22-38-80(74)86(82(76)58-72,65-27-11-3-12-28-65)66-29-13-4-14-30-66/h1-58,87H. The smallest absolute Gasteiger partial charge is 0.0714 e. The zero-order chi connectivity index (χ0) is 58.9. The molecule has 0 unspecified atom stereocenters. The minimum absolute atomic E-state index is 0.506. The van der Waals surface area contributed by atoms with E-state index in [0.29, 0.717) is 0 Å². The Bertz CT molecular complexity index is 4700. The average Bonchev–Trinajstić information content (AvgIpc) is 3.00. The molecule has 1 N–H and O–H groups in total. The number of nitrogens with one attached hydrogen (secondary N) is 1. The summed E-state index contributed by atoms with van der Waals surface area (Å²) in [5.74, 6) is 0. The monoisotopic (exact) mass is 1130 g/mol. The Kier molecular flexibility index (Phi) is 12.3. The molecular weight excluding hydrogens is 1070 g/mol. The molecule has 14 aromatic carbocycles. The van der Waals surface area contributed by atoms with Gasteiger partial charge in [-0.25, -0.2) is 0 Å². The molecule has 89 heavy (non-hydrogen) atoms. The fourth-order valence-corrected chi connectivity index (χ4v) is 15.1. The van der Waals surface area contributed by atoms with Crippen molar-refractivity contribution in [2.75, 3.05) is 9.80 Å². The summed E-state index contributed by atoms with van der Waals surface area (Å²) in [5, 5.41) is 2.39. The Morgan fingerprint density at radius 2 is 0.483 bits per heavy atom. The van der Waals surface area contributed by atoms with E-state index in [9.17, 15) is 0 Å². The van der Waals surface area contributed by atoms with E-state index in [0.717, 1.165) is 67.4 Å². The number of aromatic amines is 1. The number of anilines is 6. The number of fused-ring (bicyclic) bond motifs is 9. The topological polar surface area (TPSA) is 22.3 Å². The minimum atomic E-state index is -0.506. The molecule has 0 aliphatic heterocycles. The Morgan fingerprint density at radius 3 is 0.843 bits per heavy atom. The normalized spacial score (nSPS) is 13.1. The molecule has 0 spiro atoms. The second-order valence-electron chi connectivity index (χ2n) is 23.6. The highest BCUT2D eigenvalue weighted by molar-refractivity contribution is 6.10. The first kappa shape index (κ1) is 51.9. The Hall–Kier alpha value is -11.5. The molecule has 0 fully saturated rings. The van der Waals surface area contributed by atoms with Gasteiger partial charge in [0.15, 0.2) is 0 Å². The molecule has 0 amide bonds. The molecule has 0 bridgehead atoms. The maximum atomic E-state index is 3.74. The SMILES string of the molecule is c1ccc(N(c2ccc(-c3ccc4[nH]c5ccc(-c6ccc(N(c7ccccc7)c7ccc8c(c7)C(c7ccccc7)(c7ccccc7)c7ccccc7-8)cc6)cc5c4c3)cc2)c2ccc3c(c2)C(c2ccccc2)(c2ccccc2)c2ccccc2-3)cc1. The molecule has 15 aromatic rings. The second kappa shape index (κ2) is 21.2. The fraction of sp³-hybridized carbons (Fsp3) is 0.0233. The van der Waals surface area contributed by atoms with Gasteiger partial charge in [0.2, 0.25) is 0 Å². The van der Waals surface area contributed by atoms with E-state index in [4.69, 9.17) is 0 Å². The highest BCUT2D eigenvalue weighted by atomic mass is 15.1. The molecule has 0 saturated heterocycles. The first-order valence-electron chi connectivity index (χ1n) is 30.8. The molecule has 0 saturated carbocycles. The first-order chi connectivity index (χ1) is 44.1. The lowest BCUT2D eigenvalue weighted by Gasteiger charge is -2.35. The van der Waals surface area contributed by atoms with E-state index in [-0.39, 0.29) is 0 Å². The summed E-state index contributed by atoms with van der Waals surface area (Å²) in [7, 11) is 0. The van der Waals surface area contributed by atoms with Crippen LogP contribution in [0.4, 0.5) is 34.1 Å². The molecule has 418 valence electrons. The van der Waals surface area contributed by atoms with E-state index in [2.05, 4.69) is 367 Å². The van der Waals surface area contributed by atoms with Crippen LogP contribution in [0.1, 0.15) is 44.5 Å². The third kappa shape index (κ3) is 8.27. The number of nitrogens with zero attached hydrogens (tertiary/aromatic N) is 2. The van der Waals surface area contributed by atoms with Gasteiger partial charge < -0.3 is 14.8 Å². The van der Waals surface area contributed by atoms with E-state index >= 15 is 0 Å². The fourth-order valence-electron chi connectivity index (χ4n) is 15.1. The number of aromatic nitrogens is 1. The number of H-pyrrole nitrogens is 1. The molecule has 3 heteroatoms. The number of hydrogen-bond acceptors (Lipinski definition) is 2. The Morgan fingerprint density at radius 1 is 0.202 bits per heavy atom. The summed E-state index contributed by atoms with van der Waals surface area (Å²) >= 11 is 0. The average molecular weight is 1130 g/mol. The van der Waals surface area contributed by atoms with Crippen molar-refractivity contribution in [3.8, 4) is 44.5 Å². The van der Waals surface area contributed by atoms with Crippen LogP contribution in [0.15, 0.2) is 352 Å². The summed E-state index contributed by atoms with van der Waals surface area (Å²) in [4.78, 5) is 8.55. The highest BCUT2D eigenvalue weighted by Crippen LogP contribution is 2.59. The van der Waals surface area contributed by atoms with Crippen molar-refractivity contribution in [3.05, 3.63) is 396 Å². The van der Waals surface area contributed by atoms with E-state index in [1.54, 1.807) is 0 Å². The molecule has 3 nitrogen and oxygen atoms in total. The molecule has 1 heterocycles. The Balaban J connectivity index is 0.712. The van der Waals surface area contributed by atoms with E-state index in [1.165, 1.54) is 77.5 Å². The van der Waals surface area contributed by atoms with Gasteiger partial charge in [-0.2, -0.15) is 0 Å². The van der Waals surface area contributed by atoms with E-state index < -0.39 is 10.8 Å². The second-order valence-corrected chi connectivity index (χ2v) is 23.6. The number of para-hydroxylation sites is 2. The lowest BCUT2D eigenvalue weighted by Crippen LogP contribution is -2.28. The van der Waals surface area contributed by atoms with Crippen LogP contribution in [-0.4, -0.2) is 4.98 Å². The summed E-state index contributed by atoms with van der Waals surface area (Å²) < 4.78 is 0. The van der Waals surface area contributed by atoms with Crippen LogP contribution >= 0.6 is 0 Å². The molecule has 0 radical (unpaired) electrons. The van der Waals surface area contributed by atoms with Gasteiger partial charge in [0.25, 0.3) is 0 Å². The quantitative estimate of drug-likeness (QED) is 0.132. The molecule has 0 atom stereocenters. The van der Waals surface area contributed by atoms with Crippen LogP contribution in [0.5, 0.6) is 0 Å². The number of hydrogen-bond donors (Lipinski definition) is 1. The summed E-state index contributed by atoms with van der Waals surface area (Å²) in [5.41, 5.74) is 27.7. The first-order valence-corrected chi connectivity index (χ1v) is 30.8. The van der Waals surface area contributed by atoms with Gasteiger partial charge in [0.05, 0.1) is 10.8 Å². The number of benzene rings is 14. The lowest BCUT2D eigenvalue weighted by molar-refractivity contribution is 0.768. The van der Waals surface area contributed by atoms with Crippen molar-refractivity contribution >= 4 is 55.9 Å². The van der Waals surface area contributed by atoms with Crippen molar-refractivity contribution in [3.63, 3.8) is 0 Å². The van der Waals surface area contributed by atoms with Gasteiger partial charge in [0, 0.05) is 55.9 Å². The van der Waals surface area contributed by atoms with Crippen LogP contribution in [0, 0.1) is 0 Å². The lowest BCUT2D eigenvalue weighted by atomic mass is 9.67. The summed E-state index contributed by atoms with van der Waals surface area (Å²) in [6, 6.07) is 130. The van der Waals surface area contributed by atoms with Crippen molar-refractivity contribution in [2.45, 2.75) is 10.8 Å². The van der Waals surface area contributed by atoms with Crippen LogP contribution in [-0.2, 0) is 10.8 Å². The third-order valence-electron chi connectivity index (χ3n) is 18.9.